The Bertz CT molecular complexity index is 166. The van der Waals surface area contributed by atoms with Gasteiger partial charge in [-0.15, -0.1) is 0 Å². The molecule has 96 valence electrons. The first kappa shape index (κ1) is 15.4. The molecule has 0 aromatic heterocycles. The second-order valence-corrected chi connectivity index (χ2v) is 3.97. The van der Waals surface area contributed by atoms with Crippen LogP contribution in [0, 0.1) is 0 Å². The van der Waals surface area contributed by atoms with Gasteiger partial charge in [-0.1, -0.05) is 19.8 Å². The van der Waals surface area contributed by atoms with Crippen molar-refractivity contribution in [1.82, 2.24) is 4.90 Å². The summed E-state index contributed by atoms with van der Waals surface area (Å²) in [6, 6.07) is 0. The molecule has 2 N–H and O–H groups in total. The van der Waals surface area contributed by atoms with Gasteiger partial charge in [0.15, 0.2) is 0 Å². The Morgan fingerprint density at radius 3 is 2.56 bits per heavy atom. The number of unbranched alkanes of at least 4 members (excludes halogenated alkanes) is 2. The average Bonchev–Trinajstić information content (AvgIpc) is 2.29. The molecule has 0 aliphatic rings. The molecule has 0 aliphatic carbocycles. The SMILES string of the molecule is CCCCCC(=O)N(CCCN)CCOC. The Balaban J connectivity index is 3.88. The van der Waals surface area contributed by atoms with Gasteiger partial charge in [-0.3, -0.25) is 4.79 Å². The molecule has 0 bridgehead atoms. The molecule has 1 amide bonds. The molecule has 0 saturated heterocycles. The standard InChI is InChI=1S/C12H26N2O2/c1-3-4-5-7-12(15)14(9-6-8-13)10-11-16-2/h3-11,13H2,1-2H3. The van der Waals surface area contributed by atoms with E-state index in [9.17, 15) is 4.79 Å². The third kappa shape index (κ3) is 7.65. The summed E-state index contributed by atoms with van der Waals surface area (Å²) in [6.07, 6.45) is 4.78. The van der Waals surface area contributed by atoms with Crippen molar-refractivity contribution in [3.63, 3.8) is 0 Å². The zero-order chi connectivity index (χ0) is 12.2. The highest BCUT2D eigenvalue weighted by Crippen LogP contribution is 2.03. The van der Waals surface area contributed by atoms with E-state index < -0.39 is 0 Å². The third-order valence-corrected chi connectivity index (χ3v) is 2.54. The summed E-state index contributed by atoms with van der Waals surface area (Å²) >= 11 is 0. The summed E-state index contributed by atoms with van der Waals surface area (Å²) in [5.74, 6) is 0.235. The molecule has 0 aromatic carbocycles. The number of carbonyl (C=O) groups is 1. The number of hydrogen-bond donors (Lipinski definition) is 1. The maximum Gasteiger partial charge on any atom is 0.222 e. The predicted molar refractivity (Wildman–Crippen MR) is 66.3 cm³/mol. The molecule has 0 atom stereocenters. The van der Waals surface area contributed by atoms with E-state index >= 15 is 0 Å². The van der Waals surface area contributed by atoms with Crippen molar-refractivity contribution in [3.05, 3.63) is 0 Å². The van der Waals surface area contributed by atoms with Crippen LogP contribution in [0.5, 0.6) is 0 Å². The number of rotatable bonds is 10. The van der Waals surface area contributed by atoms with Gasteiger partial charge < -0.3 is 15.4 Å². The summed E-state index contributed by atoms with van der Waals surface area (Å²) in [5.41, 5.74) is 5.46. The molecule has 0 heterocycles. The van der Waals surface area contributed by atoms with Crippen LogP contribution in [-0.2, 0) is 9.53 Å². The van der Waals surface area contributed by atoms with Crippen LogP contribution < -0.4 is 5.73 Å². The Morgan fingerprint density at radius 2 is 2.00 bits per heavy atom. The summed E-state index contributed by atoms with van der Waals surface area (Å²) in [6.45, 7) is 4.81. The monoisotopic (exact) mass is 230 g/mol. The molecular weight excluding hydrogens is 204 g/mol. The van der Waals surface area contributed by atoms with E-state index in [0.717, 1.165) is 32.2 Å². The molecule has 4 nitrogen and oxygen atoms in total. The highest BCUT2D eigenvalue weighted by atomic mass is 16.5. The summed E-state index contributed by atoms with van der Waals surface area (Å²) in [7, 11) is 1.66. The van der Waals surface area contributed by atoms with Gasteiger partial charge >= 0.3 is 0 Å². The van der Waals surface area contributed by atoms with E-state index in [-0.39, 0.29) is 5.91 Å². The Kier molecular flexibility index (Phi) is 10.5. The molecule has 0 aromatic rings. The van der Waals surface area contributed by atoms with Crippen LogP contribution in [0.3, 0.4) is 0 Å². The van der Waals surface area contributed by atoms with E-state index in [1.54, 1.807) is 7.11 Å². The number of methoxy groups -OCH3 is 1. The zero-order valence-corrected chi connectivity index (χ0v) is 10.7. The van der Waals surface area contributed by atoms with Gasteiger partial charge in [0.1, 0.15) is 0 Å². The van der Waals surface area contributed by atoms with E-state index in [2.05, 4.69) is 6.92 Å². The molecule has 0 radical (unpaired) electrons. The fraction of sp³-hybridized carbons (Fsp3) is 0.917. The van der Waals surface area contributed by atoms with Crippen molar-refractivity contribution in [1.29, 1.82) is 0 Å². The average molecular weight is 230 g/mol. The van der Waals surface area contributed by atoms with Gasteiger partial charge in [-0.05, 0) is 19.4 Å². The van der Waals surface area contributed by atoms with E-state index in [4.69, 9.17) is 10.5 Å². The molecule has 0 rings (SSSR count). The van der Waals surface area contributed by atoms with E-state index in [1.165, 1.54) is 0 Å². The van der Waals surface area contributed by atoms with E-state index in [1.807, 2.05) is 4.90 Å². The number of hydrogen-bond acceptors (Lipinski definition) is 3. The van der Waals surface area contributed by atoms with Crippen LogP contribution in [-0.4, -0.2) is 44.2 Å². The Morgan fingerprint density at radius 1 is 1.25 bits per heavy atom. The van der Waals surface area contributed by atoms with E-state index in [0.29, 0.717) is 26.1 Å². The third-order valence-electron chi connectivity index (χ3n) is 2.54. The number of ether oxygens (including phenoxy) is 1. The highest BCUT2D eigenvalue weighted by Gasteiger charge is 2.11. The van der Waals surface area contributed by atoms with Crippen molar-refractivity contribution in [2.24, 2.45) is 5.73 Å². The highest BCUT2D eigenvalue weighted by molar-refractivity contribution is 5.76. The smallest absolute Gasteiger partial charge is 0.222 e. The lowest BCUT2D eigenvalue weighted by Crippen LogP contribution is -2.35. The lowest BCUT2D eigenvalue weighted by atomic mass is 10.2. The molecule has 0 fully saturated rings. The van der Waals surface area contributed by atoms with Crippen molar-refractivity contribution in [2.45, 2.75) is 39.0 Å². The number of amides is 1. The topological polar surface area (TPSA) is 55.6 Å². The summed E-state index contributed by atoms with van der Waals surface area (Å²) < 4.78 is 5.00. The van der Waals surface area contributed by atoms with Gasteiger partial charge in [0.2, 0.25) is 5.91 Å². The van der Waals surface area contributed by atoms with Crippen molar-refractivity contribution < 1.29 is 9.53 Å². The van der Waals surface area contributed by atoms with Gasteiger partial charge in [0.25, 0.3) is 0 Å². The minimum absolute atomic E-state index is 0.235. The van der Waals surface area contributed by atoms with Crippen LogP contribution >= 0.6 is 0 Å². The first-order valence-corrected chi connectivity index (χ1v) is 6.23. The minimum atomic E-state index is 0.235. The largest absolute Gasteiger partial charge is 0.383 e. The molecule has 0 saturated carbocycles. The zero-order valence-electron chi connectivity index (χ0n) is 10.7. The Hall–Kier alpha value is -0.610. The maximum atomic E-state index is 11.9. The van der Waals surface area contributed by atoms with Crippen molar-refractivity contribution >= 4 is 5.91 Å². The first-order chi connectivity index (χ1) is 7.76. The molecule has 16 heavy (non-hydrogen) atoms. The maximum absolute atomic E-state index is 11.9. The number of nitrogens with two attached hydrogens (primary N) is 1. The summed E-state index contributed by atoms with van der Waals surface area (Å²) in [5, 5.41) is 0. The fourth-order valence-corrected chi connectivity index (χ4v) is 1.53. The van der Waals surface area contributed by atoms with Gasteiger partial charge in [0.05, 0.1) is 6.61 Å². The van der Waals surface area contributed by atoms with Crippen LogP contribution in [0.4, 0.5) is 0 Å². The van der Waals surface area contributed by atoms with Gasteiger partial charge in [-0.25, -0.2) is 0 Å². The summed E-state index contributed by atoms with van der Waals surface area (Å²) in [4.78, 5) is 13.7. The fourth-order valence-electron chi connectivity index (χ4n) is 1.53. The molecule has 0 unspecified atom stereocenters. The number of carbonyl (C=O) groups excluding carboxylic acids is 1. The molecule has 0 aliphatic heterocycles. The molecular formula is C12H26N2O2. The molecule has 0 spiro atoms. The van der Waals surface area contributed by atoms with Crippen LogP contribution in [0.2, 0.25) is 0 Å². The normalized spacial score (nSPS) is 10.4. The second kappa shape index (κ2) is 10.9. The van der Waals surface area contributed by atoms with Crippen LogP contribution in [0.15, 0.2) is 0 Å². The van der Waals surface area contributed by atoms with Gasteiger partial charge in [0, 0.05) is 26.6 Å². The first-order valence-electron chi connectivity index (χ1n) is 6.23. The lowest BCUT2D eigenvalue weighted by Gasteiger charge is -2.22. The van der Waals surface area contributed by atoms with Crippen molar-refractivity contribution in [3.8, 4) is 0 Å². The Labute approximate surface area is 99.1 Å². The molecule has 4 heteroatoms. The van der Waals surface area contributed by atoms with Gasteiger partial charge in [-0.2, -0.15) is 0 Å². The lowest BCUT2D eigenvalue weighted by molar-refractivity contribution is -0.132. The van der Waals surface area contributed by atoms with Crippen molar-refractivity contribution in [2.75, 3.05) is 33.4 Å². The predicted octanol–water partition coefficient (Wildman–Crippen LogP) is 1.39. The minimum Gasteiger partial charge on any atom is -0.383 e. The van der Waals surface area contributed by atoms with Crippen LogP contribution in [0.1, 0.15) is 39.0 Å². The number of nitrogens with zero attached hydrogens (tertiary/aromatic N) is 1. The quantitative estimate of drug-likeness (QED) is 0.577. The second-order valence-electron chi connectivity index (χ2n) is 3.97. The van der Waals surface area contributed by atoms with Crippen LogP contribution in [0.25, 0.3) is 0 Å².